The average molecular weight is 239 g/mol. The van der Waals surface area contributed by atoms with Crippen LogP contribution in [0.2, 0.25) is 0 Å². The lowest BCUT2D eigenvalue weighted by Gasteiger charge is -2.10. The smallest absolute Gasteiger partial charge is 0.335 e. The summed E-state index contributed by atoms with van der Waals surface area (Å²) in [6, 6.07) is 6.83. The highest BCUT2D eigenvalue weighted by molar-refractivity contribution is 7.99. The summed E-state index contributed by atoms with van der Waals surface area (Å²) in [5.74, 6) is -0.887. The van der Waals surface area contributed by atoms with Gasteiger partial charge in [-0.05, 0) is 36.9 Å². The van der Waals surface area contributed by atoms with Gasteiger partial charge in [0.15, 0.2) is 0 Å². The van der Waals surface area contributed by atoms with Crippen LogP contribution in [0.25, 0.3) is 0 Å². The minimum absolute atomic E-state index is 0.322. The van der Waals surface area contributed by atoms with E-state index in [9.17, 15) is 4.79 Å². The predicted octanol–water partition coefficient (Wildman–Crippen LogP) is 2.94. The number of carboxylic acids is 1. The molecule has 0 aliphatic carbocycles. The van der Waals surface area contributed by atoms with Crippen LogP contribution in [0.4, 0.5) is 5.69 Å². The van der Waals surface area contributed by atoms with Crippen molar-refractivity contribution in [2.45, 2.75) is 18.6 Å². The van der Waals surface area contributed by atoms with E-state index < -0.39 is 5.97 Å². The number of benzene rings is 1. The molecule has 0 aliphatic heterocycles. The molecule has 0 radical (unpaired) electrons. The number of hydrogen-bond donors (Lipinski definition) is 2. The summed E-state index contributed by atoms with van der Waals surface area (Å²) in [6.45, 7) is 3.11. The van der Waals surface area contributed by atoms with Crippen LogP contribution in [0.15, 0.2) is 24.3 Å². The van der Waals surface area contributed by atoms with Gasteiger partial charge in [0.2, 0.25) is 0 Å². The van der Waals surface area contributed by atoms with Crippen LogP contribution in [-0.2, 0) is 0 Å². The first kappa shape index (κ1) is 12.9. The summed E-state index contributed by atoms with van der Waals surface area (Å²) in [5.41, 5.74) is 1.29. The van der Waals surface area contributed by atoms with E-state index in [1.807, 2.05) is 11.8 Å². The van der Waals surface area contributed by atoms with E-state index in [4.69, 9.17) is 5.11 Å². The molecule has 0 saturated carbocycles. The van der Waals surface area contributed by atoms with Crippen LogP contribution < -0.4 is 5.32 Å². The van der Waals surface area contributed by atoms with Gasteiger partial charge in [-0.25, -0.2) is 4.79 Å². The second kappa shape index (κ2) is 6.43. The molecule has 0 fully saturated rings. The molecule has 0 aliphatic rings. The molecule has 2 N–H and O–H groups in total. The van der Waals surface area contributed by atoms with Crippen molar-refractivity contribution in [1.82, 2.24) is 0 Å². The second-order valence-corrected chi connectivity index (χ2v) is 4.92. The minimum Gasteiger partial charge on any atom is -0.478 e. The maximum atomic E-state index is 10.6. The number of carbonyl (C=O) groups is 1. The Balaban J connectivity index is 2.40. The molecule has 0 bridgehead atoms. The molecule has 3 nitrogen and oxygen atoms in total. The van der Waals surface area contributed by atoms with Crippen LogP contribution in [-0.4, -0.2) is 29.1 Å². The Kier molecular flexibility index (Phi) is 5.19. The number of aromatic carboxylic acids is 1. The highest BCUT2D eigenvalue weighted by atomic mass is 32.2. The molecule has 1 rings (SSSR count). The van der Waals surface area contributed by atoms with E-state index >= 15 is 0 Å². The van der Waals surface area contributed by atoms with Crippen molar-refractivity contribution in [2.75, 3.05) is 18.1 Å². The van der Waals surface area contributed by atoms with Crippen LogP contribution in [0.3, 0.4) is 0 Å². The maximum Gasteiger partial charge on any atom is 0.335 e. The number of anilines is 1. The van der Waals surface area contributed by atoms with Gasteiger partial charge in [-0.3, -0.25) is 0 Å². The zero-order valence-corrected chi connectivity index (χ0v) is 10.4. The quantitative estimate of drug-likeness (QED) is 0.801. The fourth-order valence-corrected chi connectivity index (χ4v) is 1.62. The third-order valence-corrected chi connectivity index (χ3v) is 3.45. The molecule has 1 aromatic rings. The molecule has 1 unspecified atom stereocenters. The lowest BCUT2D eigenvalue weighted by Crippen LogP contribution is -2.07. The molecule has 0 heterocycles. The van der Waals surface area contributed by atoms with Crippen molar-refractivity contribution in [3.05, 3.63) is 29.8 Å². The van der Waals surface area contributed by atoms with E-state index in [2.05, 4.69) is 18.5 Å². The van der Waals surface area contributed by atoms with E-state index in [1.54, 1.807) is 24.3 Å². The summed E-state index contributed by atoms with van der Waals surface area (Å²) in [4.78, 5) is 10.6. The molecule has 0 saturated heterocycles. The fourth-order valence-electron chi connectivity index (χ4n) is 1.27. The topological polar surface area (TPSA) is 49.3 Å². The normalized spacial score (nSPS) is 12.1. The highest BCUT2D eigenvalue weighted by Gasteiger charge is 2.02. The number of rotatable bonds is 6. The molecule has 0 amide bonds. The Hall–Kier alpha value is -1.16. The molecule has 0 aromatic heterocycles. The van der Waals surface area contributed by atoms with Crippen LogP contribution in [0.1, 0.15) is 23.7 Å². The molecular formula is C12H17NO2S. The van der Waals surface area contributed by atoms with Gasteiger partial charge in [0.05, 0.1) is 5.56 Å². The van der Waals surface area contributed by atoms with Gasteiger partial charge in [0.1, 0.15) is 0 Å². The number of carboxylic acid groups (broad SMARTS) is 1. The minimum atomic E-state index is -0.887. The van der Waals surface area contributed by atoms with Crippen molar-refractivity contribution >= 4 is 23.4 Å². The third-order valence-electron chi connectivity index (χ3n) is 2.41. The third kappa shape index (κ3) is 4.14. The van der Waals surface area contributed by atoms with Crippen LogP contribution >= 0.6 is 11.8 Å². The monoisotopic (exact) mass is 239 g/mol. The molecule has 1 atom stereocenters. The summed E-state index contributed by atoms with van der Waals surface area (Å²) in [6.07, 6.45) is 3.20. The Labute approximate surface area is 100 Å². The SMILES string of the molecule is CSC(C)CCNc1ccc(C(=O)O)cc1. The Morgan fingerprint density at radius 2 is 2.06 bits per heavy atom. The summed E-state index contributed by atoms with van der Waals surface area (Å²) in [5, 5.41) is 12.6. The van der Waals surface area contributed by atoms with Crippen molar-refractivity contribution in [3.8, 4) is 0 Å². The molecule has 1 aromatic carbocycles. The molecular weight excluding hydrogens is 222 g/mol. The predicted molar refractivity (Wildman–Crippen MR) is 69.5 cm³/mol. The lowest BCUT2D eigenvalue weighted by atomic mass is 10.2. The van der Waals surface area contributed by atoms with Gasteiger partial charge in [0, 0.05) is 17.5 Å². The Bertz CT molecular complexity index is 337. The standard InChI is InChI=1S/C12H17NO2S/c1-9(16-2)7-8-13-11-5-3-10(4-6-11)12(14)15/h3-6,9,13H,7-8H2,1-2H3,(H,14,15). The van der Waals surface area contributed by atoms with Gasteiger partial charge in [-0.2, -0.15) is 11.8 Å². The second-order valence-electron chi connectivity index (χ2n) is 3.64. The zero-order valence-electron chi connectivity index (χ0n) is 9.56. The van der Waals surface area contributed by atoms with E-state index in [0.717, 1.165) is 18.7 Å². The largest absolute Gasteiger partial charge is 0.478 e. The Morgan fingerprint density at radius 1 is 1.44 bits per heavy atom. The summed E-state index contributed by atoms with van der Waals surface area (Å²) in [7, 11) is 0. The molecule has 16 heavy (non-hydrogen) atoms. The van der Waals surface area contributed by atoms with Gasteiger partial charge in [-0.15, -0.1) is 0 Å². The average Bonchev–Trinajstić information content (AvgIpc) is 2.29. The van der Waals surface area contributed by atoms with E-state index in [-0.39, 0.29) is 0 Å². The lowest BCUT2D eigenvalue weighted by molar-refractivity contribution is 0.0697. The highest BCUT2D eigenvalue weighted by Crippen LogP contribution is 2.12. The first-order valence-corrected chi connectivity index (χ1v) is 6.52. The number of hydrogen-bond acceptors (Lipinski definition) is 3. The fraction of sp³-hybridized carbons (Fsp3) is 0.417. The number of thioether (sulfide) groups is 1. The molecule has 0 spiro atoms. The summed E-state index contributed by atoms with van der Waals surface area (Å²) < 4.78 is 0. The maximum absolute atomic E-state index is 10.6. The van der Waals surface area contributed by atoms with Crippen molar-refractivity contribution in [2.24, 2.45) is 0 Å². The molecule has 88 valence electrons. The van der Waals surface area contributed by atoms with E-state index in [1.165, 1.54) is 0 Å². The van der Waals surface area contributed by atoms with Crippen LogP contribution in [0.5, 0.6) is 0 Å². The van der Waals surface area contributed by atoms with Crippen molar-refractivity contribution in [3.63, 3.8) is 0 Å². The van der Waals surface area contributed by atoms with Crippen LogP contribution in [0, 0.1) is 0 Å². The first-order chi connectivity index (χ1) is 7.63. The van der Waals surface area contributed by atoms with Gasteiger partial charge in [0.25, 0.3) is 0 Å². The van der Waals surface area contributed by atoms with Crippen molar-refractivity contribution in [1.29, 1.82) is 0 Å². The Morgan fingerprint density at radius 3 is 2.56 bits per heavy atom. The van der Waals surface area contributed by atoms with Gasteiger partial charge >= 0.3 is 5.97 Å². The summed E-state index contributed by atoms with van der Waals surface area (Å²) >= 11 is 1.85. The zero-order chi connectivity index (χ0) is 12.0. The number of nitrogens with one attached hydrogen (secondary N) is 1. The van der Waals surface area contributed by atoms with Crippen molar-refractivity contribution < 1.29 is 9.90 Å². The van der Waals surface area contributed by atoms with E-state index in [0.29, 0.717) is 10.8 Å². The van der Waals surface area contributed by atoms with Gasteiger partial charge < -0.3 is 10.4 Å². The molecule has 4 heteroatoms. The first-order valence-electron chi connectivity index (χ1n) is 5.23. The van der Waals surface area contributed by atoms with Gasteiger partial charge in [-0.1, -0.05) is 6.92 Å².